The number of imidazole rings is 1. The first-order valence-electron chi connectivity index (χ1n) is 5.75. The number of nitrogens with zero attached hydrogens (tertiary/aromatic N) is 3. The lowest BCUT2D eigenvalue weighted by Crippen LogP contribution is -2.15. The third kappa shape index (κ3) is 2.76. The average molecular weight is 265 g/mol. The smallest absolute Gasteiger partial charge is 0.204 e. The van der Waals surface area contributed by atoms with E-state index in [0.717, 1.165) is 28.9 Å². The van der Waals surface area contributed by atoms with Crippen molar-refractivity contribution in [2.75, 3.05) is 24.3 Å². The Morgan fingerprint density at radius 2 is 2.17 bits per heavy atom. The summed E-state index contributed by atoms with van der Waals surface area (Å²) in [6.45, 7) is 0.720. The number of hydrogen-bond acceptors (Lipinski definition) is 3. The molecule has 2 aromatic rings. The molecule has 18 heavy (non-hydrogen) atoms. The zero-order valence-corrected chi connectivity index (χ0v) is 11.6. The van der Waals surface area contributed by atoms with Gasteiger partial charge >= 0.3 is 0 Å². The molecule has 2 rings (SSSR count). The Hall–Kier alpha value is -1.68. The minimum Gasteiger partial charge on any atom is -0.379 e. The maximum Gasteiger partial charge on any atom is 0.204 e. The Kier molecular flexibility index (Phi) is 3.77. The molecule has 0 bridgehead atoms. The normalized spacial score (nSPS) is 10.4. The largest absolute Gasteiger partial charge is 0.379 e. The van der Waals surface area contributed by atoms with Crippen LogP contribution in [0.4, 0.5) is 11.6 Å². The van der Waals surface area contributed by atoms with Crippen LogP contribution in [0.3, 0.4) is 0 Å². The minimum absolute atomic E-state index is 0.720. The Labute approximate surface area is 112 Å². The highest BCUT2D eigenvalue weighted by molar-refractivity contribution is 6.30. The lowest BCUT2D eigenvalue weighted by atomic mass is 10.3. The van der Waals surface area contributed by atoms with E-state index < -0.39 is 0 Å². The van der Waals surface area contributed by atoms with E-state index in [1.54, 1.807) is 0 Å². The van der Waals surface area contributed by atoms with E-state index >= 15 is 0 Å². The first-order chi connectivity index (χ1) is 8.58. The number of halogens is 1. The Balaban J connectivity index is 2.07. The number of benzene rings is 1. The first kappa shape index (κ1) is 12.8. The summed E-state index contributed by atoms with van der Waals surface area (Å²) in [7, 11) is 5.98. The van der Waals surface area contributed by atoms with Crippen molar-refractivity contribution < 1.29 is 0 Å². The molecule has 1 N–H and O–H groups in total. The first-order valence-corrected chi connectivity index (χ1v) is 6.13. The molecule has 1 heterocycles. The van der Waals surface area contributed by atoms with E-state index in [9.17, 15) is 0 Å². The summed E-state index contributed by atoms with van der Waals surface area (Å²) in [6, 6.07) is 7.69. The van der Waals surface area contributed by atoms with Gasteiger partial charge in [0.1, 0.15) is 0 Å². The second-order valence-corrected chi connectivity index (χ2v) is 4.80. The van der Waals surface area contributed by atoms with Crippen molar-refractivity contribution >= 4 is 23.2 Å². The minimum atomic E-state index is 0.720. The summed E-state index contributed by atoms with van der Waals surface area (Å²) < 4.78 is 2.07. The molecular formula is C13H17ClN4. The molecule has 0 aliphatic heterocycles. The van der Waals surface area contributed by atoms with Gasteiger partial charge in [-0.1, -0.05) is 17.7 Å². The van der Waals surface area contributed by atoms with Gasteiger partial charge in [-0.2, -0.15) is 0 Å². The summed E-state index contributed by atoms with van der Waals surface area (Å²) in [5.41, 5.74) is 2.13. The summed E-state index contributed by atoms with van der Waals surface area (Å²) in [5, 5.41) is 4.07. The van der Waals surface area contributed by atoms with E-state index in [1.165, 1.54) is 0 Å². The molecule has 4 nitrogen and oxygen atoms in total. The van der Waals surface area contributed by atoms with Gasteiger partial charge in [-0.3, -0.25) is 0 Å². The van der Waals surface area contributed by atoms with Crippen molar-refractivity contribution in [1.29, 1.82) is 0 Å². The second kappa shape index (κ2) is 5.31. The second-order valence-electron chi connectivity index (χ2n) is 4.37. The molecule has 0 saturated heterocycles. The van der Waals surface area contributed by atoms with Crippen molar-refractivity contribution in [1.82, 2.24) is 9.55 Å². The van der Waals surface area contributed by atoms with Gasteiger partial charge in [-0.15, -0.1) is 0 Å². The standard InChI is InChI=1S/C13H17ClN4/c1-17(2)13-16-9-12(18(13)3)8-15-11-6-4-5-10(14)7-11/h4-7,9,15H,8H2,1-3H3. The maximum atomic E-state index is 5.94. The van der Waals surface area contributed by atoms with E-state index in [1.807, 2.05) is 56.5 Å². The van der Waals surface area contributed by atoms with E-state index in [0.29, 0.717) is 0 Å². The lowest BCUT2D eigenvalue weighted by Gasteiger charge is -2.13. The van der Waals surface area contributed by atoms with Crippen LogP contribution in [-0.4, -0.2) is 23.6 Å². The Bertz CT molecular complexity index is 534. The molecule has 1 aromatic carbocycles. The molecule has 0 radical (unpaired) electrons. The number of aromatic nitrogens is 2. The predicted octanol–water partition coefficient (Wildman–Crippen LogP) is 2.75. The SMILES string of the molecule is CN(C)c1ncc(CNc2cccc(Cl)c2)n1C. The number of hydrogen-bond donors (Lipinski definition) is 1. The maximum absolute atomic E-state index is 5.94. The molecule has 0 saturated carbocycles. The van der Waals surface area contributed by atoms with Crippen molar-refractivity contribution in [2.45, 2.75) is 6.54 Å². The molecule has 0 aliphatic rings. The van der Waals surface area contributed by atoms with E-state index in [-0.39, 0.29) is 0 Å². The van der Waals surface area contributed by atoms with Gasteiger partial charge in [0.05, 0.1) is 18.4 Å². The van der Waals surface area contributed by atoms with Gasteiger partial charge in [0.15, 0.2) is 0 Å². The molecule has 0 unspecified atom stereocenters. The predicted molar refractivity (Wildman–Crippen MR) is 76.3 cm³/mol. The number of rotatable bonds is 4. The highest BCUT2D eigenvalue weighted by Crippen LogP contribution is 2.17. The van der Waals surface area contributed by atoms with Crippen molar-refractivity contribution in [2.24, 2.45) is 7.05 Å². The van der Waals surface area contributed by atoms with Gasteiger partial charge in [-0.25, -0.2) is 4.98 Å². The molecule has 96 valence electrons. The van der Waals surface area contributed by atoms with Crippen molar-refractivity contribution in [3.8, 4) is 0 Å². The zero-order valence-electron chi connectivity index (χ0n) is 10.8. The molecule has 0 amide bonds. The molecule has 0 aliphatic carbocycles. The number of nitrogens with one attached hydrogen (secondary N) is 1. The summed E-state index contributed by atoms with van der Waals surface area (Å²) in [5.74, 6) is 0.942. The van der Waals surface area contributed by atoms with Gasteiger partial charge in [0.25, 0.3) is 0 Å². The summed E-state index contributed by atoms with van der Waals surface area (Å²) in [6.07, 6.45) is 1.88. The monoisotopic (exact) mass is 264 g/mol. The third-order valence-corrected chi connectivity index (χ3v) is 2.99. The van der Waals surface area contributed by atoms with Crippen molar-refractivity contribution in [3.63, 3.8) is 0 Å². The van der Waals surface area contributed by atoms with E-state index in [2.05, 4.69) is 14.9 Å². The fourth-order valence-corrected chi connectivity index (χ4v) is 1.99. The Morgan fingerprint density at radius 3 is 2.78 bits per heavy atom. The summed E-state index contributed by atoms with van der Waals surface area (Å²) >= 11 is 5.94. The molecular weight excluding hydrogens is 248 g/mol. The van der Waals surface area contributed by atoms with Crippen molar-refractivity contribution in [3.05, 3.63) is 41.2 Å². The molecule has 5 heteroatoms. The fourth-order valence-electron chi connectivity index (χ4n) is 1.80. The molecule has 0 fully saturated rings. The quantitative estimate of drug-likeness (QED) is 0.922. The molecule has 1 aromatic heterocycles. The van der Waals surface area contributed by atoms with Crippen LogP contribution in [0.2, 0.25) is 5.02 Å². The van der Waals surface area contributed by atoms with Gasteiger partial charge in [-0.05, 0) is 18.2 Å². The average Bonchev–Trinajstić information content (AvgIpc) is 2.68. The molecule has 0 spiro atoms. The van der Waals surface area contributed by atoms with Crippen LogP contribution in [0.1, 0.15) is 5.69 Å². The number of anilines is 2. The van der Waals surface area contributed by atoms with E-state index in [4.69, 9.17) is 11.6 Å². The highest BCUT2D eigenvalue weighted by Gasteiger charge is 2.07. The van der Waals surface area contributed by atoms with Gasteiger partial charge in [0.2, 0.25) is 5.95 Å². The van der Waals surface area contributed by atoms with Crippen LogP contribution in [-0.2, 0) is 13.6 Å². The van der Waals surface area contributed by atoms with Gasteiger partial charge in [0, 0.05) is 31.9 Å². The highest BCUT2D eigenvalue weighted by atomic mass is 35.5. The zero-order chi connectivity index (χ0) is 13.1. The van der Waals surface area contributed by atoms with Crippen LogP contribution in [0.5, 0.6) is 0 Å². The van der Waals surface area contributed by atoms with Crippen LogP contribution in [0.25, 0.3) is 0 Å². The lowest BCUT2D eigenvalue weighted by molar-refractivity contribution is 0.814. The topological polar surface area (TPSA) is 33.1 Å². The van der Waals surface area contributed by atoms with Crippen LogP contribution >= 0.6 is 11.6 Å². The van der Waals surface area contributed by atoms with Crippen LogP contribution in [0, 0.1) is 0 Å². The summed E-state index contributed by atoms with van der Waals surface area (Å²) in [4.78, 5) is 6.36. The third-order valence-electron chi connectivity index (χ3n) is 2.76. The Morgan fingerprint density at radius 1 is 1.39 bits per heavy atom. The van der Waals surface area contributed by atoms with Crippen LogP contribution < -0.4 is 10.2 Å². The molecule has 0 atom stereocenters. The fraction of sp³-hybridized carbons (Fsp3) is 0.308. The van der Waals surface area contributed by atoms with Crippen LogP contribution in [0.15, 0.2) is 30.5 Å². The van der Waals surface area contributed by atoms with Gasteiger partial charge < -0.3 is 14.8 Å².